The van der Waals surface area contributed by atoms with Crippen molar-refractivity contribution in [2.24, 2.45) is 0 Å². The molecule has 0 radical (unpaired) electrons. The molecule has 0 saturated carbocycles. The van der Waals surface area contributed by atoms with Crippen molar-refractivity contribution in [1.82, 2.24) is 20.6 Å². The van der Waals surface area contributed by atoms with Crippen LogP contribution in [0.25, 0.3) is 16.6 Å². The maximum Gasteiger partial charge on any atom is 0.258 e. The van der Waals surface area contributed by atoms with E-state index < -0.39 is 0 Å². The Morgan fingerprint density at radius 1 is 1.43 bits per heavy atom. The van der Waals surface area contributed by atoms with Crippen LogP contribution in [0.4, 0.5) is 0 Å². The van der Waals surface area contributed by atoms with Crippen LogP contribution >= 0.6 is 22.9 Å². The Labute approximate surface area is 131 Å². The molecule has 0 aromatic carbocycles. The first-order chi connectivity index (χ1) is 10.2. The van der Waals surface area contributed by atoms with Crippen LogP contribution in [-0.4, -0.2) is 34.2 Å². The van der Waals surface area contributed by atoms with Gasteiger partial charge in [0.1, 0.15) is 0 Å². The number of aromatic amines is 1. The van der Waals surface area contributed by atoms with Crippen LogP contribution in [0.5, 0.6) is 0 Å². The van der Waals surface area contributed by atoms with Gasteiger partial charge in [-0.05, 0) is 31.1 Å². The molecule has 1 amide bonds. The van der Waals surface area contributed by atoms with Gasteiger partial charge in [0.15, 0.2) is 0 Å². The van der Waals surface area contributed by atoms with Crippen LogP contribution in [-0.2, 0) is 4.79 Å². The number of nitrogens with one attached hydrogen (secondary N) is 2. The van der Waals surface area contributed by atoms with Crippen molar-refractivity contribution < 1.29 is 4.79 Å². The molecule has 0 unspecified atom stereocenters. The molecule has 0 atom stereocenters. The first-order valence-corrected chi connectivity index (χ1v) is 7.94. The largest absolute Gasteiger partial charge is 0.285 e. The number of rotatable bonds is 4. The van der Waals surface area contributed by atoms with E-state index in [1.54, 1.807) is 12.3 Å². The monoisotopic (exact) mass is 322 g/mol. The number of amides is 1. The maximum absolute atomic E-state index is 11.9. The fourth-order valence-corrected chi connectivity index (χ4v) is 3.32. The topological polar surface area (TPSA) is 61.0 Å². The number of nitrogens with zero attached hydrogens (tertiary/aromatic N) is 2. The summed E-state index contributed by atoms with van der Waals surface area (Å²) in [5.41, 5.74) is 4.60. The number of hydrogen-bond donors (Lipinski definition) is 2. The lowest BCUT2D eigenvalue weighted by atomic mass is 10.2. The summed E-state index contributed by atoms with van der Waals surface area (Å²) >= 11 is 7.42. The molecular formula is C14H15ClN4OS. The van der Waals surface area contributed by atoms with Gasteiger partial charge in [-0.1, -0.05) is 11.6 Å². The highest BCUT2D eigenvalue weighted by Crippen LogP contribution is 2.31. The summed E-state index contributed by atoms with van der Waals surface area (Å²) < 4.78 is 0.723. The van der Waals surface area contributed by atoms with Gasteiger partial charge >= 0.3 is 0 Å². The molecule has 1 fully saturated rings. The average molecular weight is 323 g/mol. The number of halogens is 1. The lowest BCUT2D eigenvalue weighted by Crippen LogP contribution is -2.38. The van der Waals surface area contributed by atoms with Gasteiger partial charge < -0.3 is 0 Å². The summed E-state index contributed by atoms with van der Waals surface area (Å²) in [4.78, 5) is 12.9. The Kier molecular flexibility index (Phi) is 4.38. The summed E-state index contributed by atoms with van der Waals surface area (Å²) in [6.07, 6.45) is 7.26. The number of thiophene rings is 1. The highest BCUT2D eigenvalue weighted by atomic mass is 35.5. The second-order valence-electron chi connectivity index (χ2n) is 4.81. The van der Waals surface area contributed by atoms with Crippen molar-refractivity contribution in [2.45, 2.75) is 12.8 Å². The molecule has 3 rings (SSSR count). The minimum absolute atomic E-state index is 0.117. The molecule has 0 aliphatic carbocycles. The van der Waals surface area contributed by atoms with Gasteiger partial charge in [-0.15, -0.1) is 11.3 Å². The molecule has 7 heteroatoms. The van der Waals surface area contributed by atoms with Crippen LogP contribution in [0.1, 0.15) is 18.4 Å². The molecule has 2 N–H and O–H groups in total. The van der Waals surface area contributed by atoms with Crippen molar-refractivity contribution in [2.75, 3.05) is 13.1 Å². The van der Waals surface area contributed by atoms with E-state index >= 15 is 0 Å². The Morgan fingerprint density at radius 2 is 2.24 bits per heavy atom. The molecule has 1 aliphatic rings. The first kappa shape index (κ1) is 14.3. The summed E-state index contributed by atoms with van der Waals surface area (Å²) in [6.45, 7) is 1.84. The normalized spacial score (nSPS) is 15.9. The second-order valence-corrected chi connectivity index (χ2v) is 6.52. The van der Waals surface area contributed by atoms with E-state index in [-0.39, 0.29) is 5.91 Å². The smallest absolute Gasteiger partial charge is 0.258 e. The molecule has 5 nitrogen and oxygen atoms in total. The van der Waals surface area contributed by atoms with E-state index in [0.717, 1.165) is 46.4 Å². The molecule has 3 heterocycles. The van der Waals surface area contributed by atoms with Gasteiger partial charge in [0.2, 0.25) is 0 Å². The molecular weight excluding hydrogens is 308 g/mol. The zero-order valence-corrected chi connectivity index (χ0v) is 12.9. The molecule has 1 saturated heterocycles. The highest BCUT2D eigenvalue weighted by Gasteiger charge is 2.13. The number of H-pyrrole nitrogens is 1. The lowest BCUT2D eigenvalue weighted by Gasteiger charge is -2.14. The van der Waals surface area contributed by atoms with Crippen molar-refractivity contribution in [3.63, 3.8) is 0 Å². The van der Waals surface area contributed by atoms with Crippen LogP contribution in [0, 0.1) is 0 Å². The van der Waals surface area contributed by atoms with Crippen molar-refractivity contribution >= 4 is 34.9 Å². The van der Waals surface area contributed by atoms with Gasteiger partial charge in [0, 0.05) is 24.7 Å². The van der Waals surface area contributed by atoms with Crippen LogP contribution in [0.2, 0.25) is 4.34 Å². The zero-order chi connectivity index (χ0) is 14.7. The van der Waals surface area contributed by atoms with Crippen molar-refractivity contribution in [3.05, 3.63) is 34.3 Å². The molecule has 110 valence electrons. The Hall–Kier alpha value is -1.63. The second kappa shape index (κ2) is 6.43. The van der Waals surface area contributed by atoms with Crippen LogP contribution in [0.15, 0.2) is 24.4 Å². The van der Waals surface area contributed by atoms with E-state index in [1.807, 2.05) is 17.1 Å². The fourth-order valence-electron chi connectivity index (χ4n) is 2.26. The minimum atomic E-state index is -0.117. The van der Waals surface area contributed by atoms with E-state index in [2.05, 4.69) is 15.6 Å². The number of hydrazine groups is 1. The SMILES string of the molecule is O=C(/C=C/c1cn[nH]c1-c1ccc(Cl)s1)NN1CCCC1. The molecule has 0 bridgehead atoms. The van der Waals surface area contributed by atoms with Gasteiger partial charge in [-0.3, -0.25) is 15.3 Å². The van der Waals surface area contributed by atoms with Gasteiger partial charge in [0.25, 0.3) is 5.91 Å². The van der Waals surface area contributed by atoms with Crippen LogP contribution in [0.3, 0.4) is 0 Å². The third-order valence-electron chi connectivity index (χ3n) is 3.28. The number of hydrogen-bond acceptors (Lipinski definition) is 4. The van der Waals surface area contributed by atoms with Gasteiger partial charge in [-0.2, -0.15) is 5.10 Å². The molecule has 2 aromatic rings. The fraction of sp³-hybridized carbons (Fsp3) is 0.286. The van der Waals surface area contributed by atoms with E-state index in [4.69, 9.17) is 11.6 Å². The Balaban J connectivity index is 1.68. The van der Waals surface area contributed by atoms with Gasteiger partial charge in [-0.25, -0.2) is 5.01 Å². The van der Waals surface area contributed by atoms with E-state index in [0.29, 0.717) is 0 Å². The lowest BCUT2D eigenvalue weighted by molar-refractivity contribution is -0.120. The quantitative estimate of drug-likeness (QED) is 0.851. The standard InChI is InChI=1S/C14H15ClN4OS/c15-12-5-4-11(21-12)14-10(9-16-17-14)3-6-13(20)18-19-7-1-2-8-19/h3-6,9H,1-2,7-8H2,(H,16,17)(H,18,20)/b6-3+. The Morgan fingerprint density at radius 3 is 2.95 bits per heavy atom. The van der Waals surface area contributed by atoms with Crippen molar-refractivity contribution in [1.29, 1.82) is 0 Å². The predicted molar refractivity (Wildman–Crippen MR) is 84.9 cm³/mol. The van der Waals surface area contributed by atoms with Crippen LogP contribution < -0.4 is 5.43 Å². The highest BCUT2D eigenvalue weighted by molar-refractivity contribution is 7.19. The first-order valence-electron chi connectivity index (χ1n) is 6.75. The number of aromatic nitrogens is 2. The predicted octanol–water partition coefficient (Wildman–Crippen LogP) is 2.93. The summed E-state index contributed by atoms with van der Waals surface area (Å²) in [5, 5.41) is 8.92. The molecule has 21 heavy (non-hydrogen) atoms. The van der Waals surface area contributed by atoms with Crippen molar-refractivity contribution in [3.8, 4) is 10.6 Å². The third-order valence-corrected chi connectivity index (χ3v) is 4.53. The maximum atomic E-state index is 11.9. The summed E-state index contributed by atoms with van der Waals surface area (Å²) in [6, 6.07) is 3.78. The summed E-state index contributed by atoms with van der Waals surface area (Å²) in [7, 11) is 0. The summed E-state index contributed by atoms with van der Waals surface area (Å²) in [5.74, 6) is -0.117. The number of carbonyl (C=O) groups excluding carboxylic acids is 1. The molecule has 0 spiro atoms. The van der Waals surface area contributed by atoms with E-state index in [1.165, 1.54) is 17.4 Å². The van der Waals surface area contributed by atoms with E-state index in [9.17, 15) is 4.79 Å². The number of carbonyl (C=O) groups is 1. The molecule has 1 aliphatic heterocycles. The molecule has 2 aromatic heterocycles. The third kappa shape index (κ3) is 3.53. The minimum Gasteiger partial charge on any atom is -0.285 e. The average Bonchev–Trinajstić information content (AvgIpc) is 3.17. The zero-order valence-electron chi connectivity index (χ0n) is 11.3. The Bertz CT molecular complexity index is 657. The van der Waals surface area contributed by atoms with Gasteiger partial charge in [0.05, 0.1) is 21.1 Å².